The predicted octanol–water partition coefficient (Wildman–Crippen LogP) is 0.626. The van der Waals surface area contributed by atoms with Gasteiger partial charge >= 0.3 is 6.03 Å². The molecule has 5 nitrogen and oxygen atoms in total. The summed E-state index contributed by atoms with van der Waals surface area (Å²) in [6.45, 7) is 5.58. The van der Waals surface area contributed by atoms with E-state index >= 15 is 0 Å². The van der Waals surface area contributed by atoms with Gasteiger partial charge in [-0.15, -0.1) is 0 Å². The number of hydrogen-bond acceptors (Lipinski definition) is 3. The molecule has 96 valence electrons. The summed E-state index contributed by atoms with van der Waals surface area (Å²) in [6.07, 6.45) is 0. The highest BCUT2D eigenvalue weighted by atomic mass is 16.2. The highest BCUT2D eigenvalue weighted by molar-refractivity contribution is 5.94. The molecular weight excluding hydrogens is 228 g/mol. The third-order valence-electron chi connectivity index (χ3n) is 3.48. The second kappa shape index (κ2) is 4.86. The summed E-state index contributed by atoms with van der Waals surface area (Å²) in [5, 5.41) is 6.18. The molecule has 3 rings (SSSR count). The topological polar surface area (TPSA) is 47.6 Å². The van der Waals surface area contributed by atoms with Gasteiger partial charge in [-0.3, -0.25) is 4.90 Å². The number of hydrogen-bond donors (Lipinski definition) is 2. The second-order valence-corrected chi connectivity index (χ2v) is 4.64. The first-order chi connectivity index (χ1) is 8.84. The lowest BCUT2D eigenvalue weighted by molar-refractivity contribution is 0.252. The fourth-order valence-electron chi connectivity index (χ4n) is 2.50. The van der Waals surface area contributed by atoms with Crippen LogP contribution in [-0.2, 0) is 0 Å². The van der Waals surface area contributed by atoms with Gasteiger partial charge in [0.1, 0.15) is 0 Å². The molecule has 2 saturated heterocycles. The second-order valence-electron chi connectivity index (χ2n) is 4.64. The number of nitrogens with one attached hydrogen (secondary N) is 2. The molecule has 2 amide bonds. The number of amides is 2. The van der Waals surface area contributed by atoms with Gasteiger partial charge in [-0.25, -0.2) is 4.79 Å². The number of rotatable bonds is 2. The van der Waals surface area contributed by atoms with E-state index in [1.165, 1.54) is 5.69 Å². The fourth-order valence-corrected chi connectivity index (χ4v) is 2.50. The number of benzene rings is 1. The van der Waals surface area contributed by atoms with Crippen LogP contribution in [0, 0.1) is 0 Å². The molecule has 18 heavy (non-hydrogen) atoms. The van der Waals surface area contributed by atoms with Crippen LogP contribution in [0.4, 0.5) is 16.2 Å². The zero-order chi connectivity index (χ0) is 12.4. The van der Waals surface area contributed by atoms with Crippen molar-refractivity contribution >= 4 is 17.4 Å². The Kier molecular flexibility index (Phi) is 3.06. The molecule has 0 bridgehead atoms. The Morgan fingerprint density at radius 2 is 1.78 bits per heavy atom. The normalized spacial score (nSPS) is 20.1. The van der Waals surface area contributed by atoms with Crippen molar-refractivity contribution in [1.29, 1.82) is 0 Å². The summed E-state index contributed by atoms with van der Waals surface area (Å²) in [6, 6.07) is 8.25. The van der Waals surface area contributed by atoms with Crippen LogP contribution in [0.3, 0.4) is 0 Å². The summed E-state index contributed by atoms with van der Waals surface area (Å²) in [5.74, 6) is 0. The van der Waals surface area contributed by atoms with Crippen molar-refractivity contribution < 1.29 is 4.79 Å². The van der Waals surface area contributed by atoms with Crippen molar-refractivity contribution in [3.05, 3.63) is 24.3 Å². The molecule has 0 radical (unpaired) electrons. The molecule has 0 unspecified atom stereocenters. The Morgan fingerprint density at radius 1 is 1.00 bits per heavy atom. The number of carbonyl (C=O) groups excluding carboxylic acids is 1. The van der Waals surface area contributed by atoms with Crippen molar-refractivity contribution in [3.63, 3.8) is 0 Å². The highest BCUT2D eigenvalue weighted by Gasteiger charge is 2.21. The summed E-state index contributed by atoms with van der Waals surface area (Å²) in [7, 11) is 0. The third-order valence-corrected chi connectivity index (χ3v) is 3.48. The standard InChI is InChI=1S/C13H18N4O/c18-13-15-6-9-17(13)12-3-1-2-11(10-12)16-7-4-14-5-8-16/h1-3,10,14H,4-9H2,(H,15,18). The van der Waals surface area contributed by atoms with Crippen LogP contribution in [-0.4, -0.2) is 45.3 Å². The van der Waals surface area contributed by atoms with Crippen LogP contribution in [0.1, 0.15) is 0 Å². The molecule has 0 spiro atoms. The Hall–Kier alpha value is -1.75. The molecule has 2 heterocycles. The van der Waals surface area contributed by atoms with E-state index in [-0.39, 0.29) is 6.03 Å². The summed E-state index contributed by atoms with van der Waals surface area (Å²) in [5.41, 5.74) is 2.19. The van der Waals surface area contributed by atoms with Crippen LogP contribution in [0.25, 0.3) is 0 Å². The third kappa shape index (κ3) is 2.13. The SMILES string of the molecule is O=C1NCCN1c1cccc(N2CCNCC2)c1. The zero-order valence-corrected chi connectivity index (χ0v) is 10.4. The molecule has 0 atom stereocenters. The van der Waals surface area contributed by atoms with Gasteiger partial charge in [0.25, 0.3) is 0 Å². The minimum absolute atomic E-state index is 0.00691. The maximum Gasteiger partial charge on any atom is 0.321 e. The largest absolute Gasteiger partial charge is 0.369 e. The van der Waals surface area contributed by atoms with Crippen LogP contribution >= 0.6 is 0 Å². The lowest BCUT2D eigenvalue weighted by Gasteiger charge is -2.30. The first-order valence-corrected chi connectivity index (χ1v) is 6.46. The van der Waals surface area contributed by atoms with E-state index in [0.717, 1.165) is 45.0 Å². The molecule has 0 aromatic heterocycles. The lowest BCUT2D eigenvalue weighted by Crippen LogP contribution is -2.43. The van der Waals surface area contributed by atoms with Crippen molar-refractivity contribution in [2.45, 2.75) is 0 Å². The van der Waals surface area contributed by atoms with Crippen molar-refractivity contribution in [1.82, 2.24) is 10.6 Å². The lowest BCUT2D eigenvalue weighted by atomic mass is 10.2. The van der Waals surface area contributed by atoms with E-state index in [1.54, 1.807) is 4.90 Å². The molecule has 1 aromatic rings. The molecule has 0 aliphatic carbocycles. The monoisotopic (exact) mass is 246 g/mol. The van der Waals surface area contributed by atoms with Crippen molar-refractivity contribution in [3.8, 4) is 0 Å². The molecule has 5 heteroatoms. The van der Waals surface area contributed by atoms with Crippen LogP contribution in [0.5, 0.6) is 0 Å². The number of carbonyl (C=O) groups is 1. The Bertz CT molecular complexity index is 442. The van der Waals surface area contributed by atoms with Crippen molar-refractivity contribution in [2.24, 2.45) is 0 Å². The molecule has 2 N–H and O–H groups in total. The fraction of sp³-hybridized carbons (Fsp3) is 0.462. The molecule has 0 saturated carbocycles. The van der Waals surface area contributed by atoms with Crippen LogP contribution in [0.2, 0.25) is 0 Å². The number of anilines is 2. The van der Waals surface area contributed by atoms with Gasteiger partial charge in [0.05, 0.1) is 0 Å². The van der Waals surface area contributed by atoms with Crippen molar-refractivity contribution in [2.75, 3.05) is 49.1 Å². The number of piperazine rings is 1. The van der Waals surface area contributed by atoms with E-state index in [2.05, 4.69) is 27.7 Å². The molecule has 2 aliphatic heterocycles. The number of urea groups is 1. The average molecular weight is 246 g/mol. The summed E-state index contributed by atoms with van der Waals surface area (Å²) in [4.78, 5) is 15.8. The molecular formula is C13H18N4O. The van der Waals surface area contributed by atoms with Gasteiger partial charge in [0, 0.05) is 50.6 Å². The maximum absolute atomic E-state index is 11.7. The van der Waals surface area contributed by atoms with E-state index in [1.807, 2.05) is 12.1 Å². The van der Waals surface area contributed by atoms with E-state index in [9.17, 15) is 4.79 Å². The van der Waals surface area contributed by atoms with Gasteiger partial charge in [0.2, 0.25) is 0 Å². The van der Waals surface area contributed by atoms with Crippen LogP contribution in [0.15, 0.2) is 24.3 Å². The number of nitrogens with zero attached hydrogens (tertiary/aromatic N) is 2. The van der Waals surface area contributed by atoms with E-state index < -0.39 is 0 Å². The van der Waals surface area contributed by atoms with Crippen LogP contribution < -0.4 is 20.4 Å². The summed E-state index contributed by atoms with van der Waals surface area (Å²) < 4.78 is 0. The Morgan fingerprint density at radius 3 is 2.50 bits per heavy atom. The zero-order valence-electron chi connectivity index (χ0n) is 10.4. The van der Waals surface area contributed by atoms with E-state index in [4.69, 9.17) is 0 Å². The summed E-state index contributed by atoms with van der Waals surface area (Å²) >= 11 is 0. The van der Waals surface area contributed by atoms with Gasteiger partial charge in [-0.2, -0.15) is 0 Å². The maximum atomic E-state index is 11.7. The van der Waals surface area contributed by atoms with E-state index in [0.29, 0.717) is 0 Å². The smallest absolute Gasteiger partial charge is 0.321 e. The molecule has 2 aliphatic rings. The first-order valence-electron chi connectivity index (χ1n) is 6.46. The van der Waals surface area contributed by atoms with Gasteiger partial charge in [-0.05, 0) is 18.2 Å². The molecule has 1 aromatic carbocycles. The quantitative estimate of drug-likeness (QED) is 0.804. The Labute approximate surface area is 107 Å². The van der Waals surface area contributed by atoms with Gasteiger partial charge < -0.3 is 15.5 Å². The highest BCUT2D eigenvalue weighted by Crippen LogP contribution is 2.23. The van der Waals surface area contributed by atoms with Gasteiger partial charge in [0.15, 0.2) is 0 Å². The average Bonchev–Trinajstić information content (AvgIpc) is 2.86. The minimum atomic E-state index is 0.00691. The molecule has 2 fully saturated rings. The minimum Gasteiger partial charge on any atom is -0.369 e. The van der Waals surface area contributed by atoms with Gasteiger partial charge in [-0.1, -0.05) is 6.07 Å². The predicted molar refractivity (Wildman–Crippen MR) is 72.3 cm³/mol. The first kappa shape index (κ1) is 11.3. The Balaban J connectivity index is 1.82.